The Balaban J connectivity index is 1.64. The minimum absolute atomic E-state index is 0.355. The van der Waals surface area contributed by atoms with Crippen LogP contribution in [0.3, 0.4) is 0 Å². The number of carbonyl (C=O) groups excluding carboxylic acids is 1. The van der Waals surface area contributed by atoms with Gasteiger partial charge in [-0.2, -0.15) is 0 Å². The van der Waals surface area contributed by atoms with Crippen LogP contribution in [0.1, 0.15) is 12.5 Å². The summed E-state index contributed by atoms with van der Waals surface area (Å²) in [5.41, 5.74) is 0.947. The fraction of sp³-hybridized carbons (Fsp3) is 0.389. The molecule has 0 aromatic carbocycles. The Kier molecular flexibility index (Phi) is 5.45. The summed E-state index contributed by atoms with van der Waals surface area (Å²) in [4.78, 5) is 25.0. The molecular weight excluding hydrogens is 318 g/mol. The Hall–Kier alpha value is -2.67. The maximum Gasteiger partial charge on any atom is 0.248 e. The van der Waals surface area contributed by atoms with Gasteiger partial charge in [-0.05, 0) is 25.1 Å². The number of aliphatic hydroxyl groups is 1. The Morgan fingerprint density at radius 1 is 1.12 bits per heavy atom. The lowest BCUT2D eigenvalue weighted by atomic mass is 10.2. The van der Waals surface area contributed by atoms with Crippen molar-refractivity contribution in [3.63, 3.8) is 0 Å². The standard InChI is InChI=1S/C18H23N5O2/c1-14(24)18(25)21-13-15-5-4-8-20-17(15)23-11-9-22(10-12-23)16-6-2-3-7-19-16/h2-8,14,24H,9-13H2,1H3,(H,21,25)/t14-/m1/s1. The Labute approximate surface area is 147 Å². The molecule has 0 unspecified atom stereocenters. The summed E-state index contributed by atoms with van der Waals surface area (Å²) in [6.45, 7) is 5.22. The van der Waals surface area contributed by atoms with E-state index in [4.69, 9.17) is 0 Å². The average Bonchev–Trinajstić information content (AvgIpc) is 2.67. The van der Waals surface area contributed by atoms with E-state index in [0.29, 0.717) is 6.54 Å². The SMILES string of the molecule is C[C@@H](O)C(=O)NCc1cccnc1N1CCN(c2ccccn2)CC1. The van der Waals surface area contributed by atoms with E-state index >= 15 is 0 Å². The third kappa shape index (κ3) is 4.24. The van der Waals surface area contributed by atoms with Crippen molar-refractivity contribution in [1.29, 1.82) is 0 Å². The van der Waals surface area contributed by atoms with Gasteiger partial charge >= 0.3 is 0 Å². The van der Waals surface area contributed by atoms with Crippen molar-refractivity contribution in [3.8, 4) is 0 Å². The van der Waals surface area contributed by atoms with Gasteiger partial charge in [0.15, 0.2) is 0 Å². The molecule has 0 saturated carbocycles. The van der Waals surface area contributed by atoms with Crippen LogP contribution in [0.4, 0.5) is 11.6 Å². The van der Waals surface area contributed by atoms with Crippen LogP contribution in [0.5, 0.6) is 0 Å². The van der Waals surface area contributed by atoms with E-state index in [1.54, 1.807) is 6.20 Å². The van der Waals surface area contributed by atoms with Crippen LogP contribution in [-0.4, -0.2) is 53.3 Å². The zero-order valence-corrected chi connectivity index (χ0v) is 14.3. The molecule has 3 heterocycles. The highest BCUT2D eigenvalue weighted by atomic mass is 16.3. The summed E-state index contributed by atoms with van der Waals surface area (Å²) in [5.74, 6) is 1.50. The maximum atomic E-state index is 11.6. The number of hydrogen-bond acceptors (Lipinski definition) is 6. The van der Waals surface area contributed by atoms with Crippen molar-refractivity contribution >= 4 is 17.5 Å². The van der Waals surface area contributed by atoms with E-state index < -0.39 is 6.10 Å². The van der Waals surface area contributed by atoms with E-state index in [1.165, 1.54) is 6.92 Å². The number of pyridine rings is 2. The first kappa shape index (κ1) is 17.2. The second kappa shape index (κ2) is 7.94. The van der Waals surface area contributed by atoms with E-state index in [2.05, 4.69) is 25.1 Å². The molecule has 1 amide bonds. The second-order valence-electron chi connectivity index (χ2n) is 6.04. The lowest BCUT2D eigenvalue weighted by Gasteiger charge is -2.36. The monoisotopic (exact) mass is 341 g/mol. The van der Waals surface area contributed by atoms with Crippen molar-refractivity contribution in [1.82, 2.24) is 15.3 Å². The van der Waals surface area contributed by atoms with Crippen molar-refractivity contribution < 1.29 is 9.90 Å². The van der Waals surface area contributed by atoms with E-state index in [9.17, 15) is 9.90 Å². The topological polar surface area (TPSA) is 81.6 Å². The first-order valence-electron chi connectivity index (χ1n) is 8.46. The number of rotatable bonds is 5. The summed E-state index contributed by atoms with van der Waals surface area (Å²) in [7, 11) is 0. The highest BCUT2D eigenvalue weighted by Gasteiger charge is 2.21. The first-order chi connectivity index (χ1) is 12.1. The number of piperazine rings is 1. The minimum Gasteiger partial charge on any atom is -0.384 e. The van der Waals surface area contributed by atoms with Crippen LogP contribution in [0.25, 0.3) is 0 Å². The third-order valence-electron chi connectivity index (χ3n) is 4.25. The molecule has 2 N–H and O–H groups in total. The number of nitrogens with one attached hydrogen (secondary N) is 1. The molecule has 7 nitrogen and oxygen atoms in total. The largest absolute Gasteiger partial charge is 0.384 e. The molecule has 1 fully saturated rings. The number of nitrogens with zero attached hydrogens (tertiary/aromatic N) is 4. The molecule has 1 saturated heterocycles. The van der Waals surface area contributed by atoms with Crippen LogP contribution in [0, 0.1) is 0 Å². The molecule has 0 radical (unpaired) electrons. The van der Waals surface area contributed by atoms with Crippen molar-refractivity contribution in [2.75, 3.05) is 36.0 Å². The number of carbonyl (C=O) groups is 1. The van der Waals surface area contributed by atoms with Gasteiger partial charge in [0, 0.05) is 50.7 Å². The molecule has 1 atom stereocenters. The Morgan fingerprint density at radius 2 is 1.84 bits per heavy atom. The molecule has 2 aromatic heterocycles. The molecule has 0 aliphatic carbocycles. The Morgan fingerprint density at radius 3 is 2.52 bits per heavy atom. The molecule has 1 aliphatic rings. The molecule has 25 heavy (non-hydrogen) atoms. The molecule has 0 spiro atoms. The summed E-state index contributed by atoms with van der Waals surface area (Å²) < 4.78 is 0. The highest BCUT2D eigenvalue weighted by Crippen LogP contribution is 2.20. The van der Waals surface area contributed by atoms with Gasteiger partial charge < -0.3 is 20.2 Å². The van der Waals surface area contributed by atoms with Crippen LogP contribution in [0.2, 0.25) is 0 Å². The van der Waals surface area contributed by atoms with Crippen LogP contribution in [-0.2, 0) is 11.3 Å². The number of aromatic nitrogens is 2. The van der Waals surface area contributed by atoms with Crippen LogP contribution >= 0.6 is 0 Å². The van der Waals surface area contributed by atoms with Crippen LogP contribution in [0.15, 0.2) is 42.7 Å². The number of amides is 1. The predicted octanol–water partition coefficient (Wildman–Crippen LogP) is 0.800. The van der Waals surface area contributed by atoms with Gasteiger partial charge in [-0.25, -0.2) is 9.97 Å². The molecule has 132 valence electrons. The van der Waals surface area contributed by atoms with Gasteiger partial charge in [-0.3, -0.25) is 4.79 Å². The zero-order valence-electron chi connectivity index (χ0n) is 14.3. The van der Waals surface area contributed by atoms with Crippen molar-refractivity contribution in [3.05, 3.63) is 48.3 Å². The number of anilines is 2. The van der Waals surface area contributed by atoms with Gasteiger partial charge in [0.05, 0.1) is 0 Å². The Bertz CT molecular complexity index is 700. The zero-order chi connectivity index (χ0) is 17.6. The molecule has 7 heteroatoms. The lowest BCUT2D eigenvalue weighted by Crippen LogP contribution is -2.47. The van der Waals surface area contributed by atoms with E-state index in [1.807, 2.05) is 36.5 Å². The quantitative estimate of drug-likeness (QED) is 0.837. The number of aliphatic hydroxyl groups excluding tert-OH is 1. The summed E-state index contributed by atoms with van der Waals surface area (Å²) in [6, 6.07) is 9.75. The van der Waals surface area contributed by atoms with Crippen molar-refractivity contribution in [2.45, 2.75) is 19.6 Å². The molecular formula is C18H23N5O2. The molecule has 0 bridgehead atoms. The van der Waals surface area contributed by atoms with Gasteiger partial charge in [0.2, 0.25) is 5.91 Å². The summed E-state index contributed by atoms with van der Waals surface area (Å²) >= 11 is 0. The first-order valence-corrected chi connectivity index (χ1v) is 8.46. The van der Waals surface area contributed by atoms with E-state index in [0.717, 1.165) is 43.4 Å². The summed E-state index contributed by atoms with van der Waals surface area (Å²) in [5, 5.41) is 12.0. The molecule has 3 rings (SSSR count). The number of hydrogen-bond donors (Lipinski definition) is 2. The predicted molar refractivity (Wildman–Crippen MR) is 96.4 cm³/mol. The molecule has 1 aliphatic heterocycles. The van der Waals surface area contributed by atoms with Gasteiger partial charge in [-0.15, -0.1) is 0 Å². The fourth-order valence-corrected chi connectivity index (χ4v) is 2.87. The maximum absolute atomic E-state index is 11.6. The summed E-state index contributed by atoms with van der Waals surface area (Å²) in [6.07, 6.45) is 2.56. The van der Waals surface area contributed by atoms with Gasteiger partial charge in [0.25, 0.3) is 0 Å². The highest BCUT2D eigenvalue weighted by molar-refractivity contribution is 5.80. The fourth-order valence-electron chi connectivity index (χ4n) is 2.87. The minimum atomic E-state index is -1.01. The normalized spacial score (nSPS) is 15.8. The third-order valence-corrected chi connectivity index (χ3v) is 4.25. The van der Waals surface area contributed by atoms with E-state index in [-0.39, 0.29) is 5.91 Å². The van der Waals surface area contributed by atoms with Gasteiger partial charge in [-0.1, -0.05) is 12.1 Å². The molecule has 2 aromatic rings. The smallest absolute Gasteiger partial charge is 0.248 e. The van der Waals surface area contributed by atoms with Gasteiger partial charge in [0.1, 0.15) is 17.7 Å². The lowest BCUT2D eigenvalue weighted by molar-refractivity contribution is -0.128. The second-order valence-corrected chi connectivity index (χ2v) is 6.04. The average molecular weight is 341 g/mol. The van der Waals surface area contributed by atoms with Crippen LogP contribution < -0.4 is 15.1 Å². The van der Waals surface area contributed by atoms with Crippen molar-refractivity contribution in [2.24, 2.45) is 0 Å².